The molecular formula is C26H20FN7O4S2. The molecule has 202 valence electrons. The van der Waals surface area contributed by atoms with Crippen molar-refractivity contribution in [3.05, 3.63) is 99.6 Å². The van der Waals surface area contributed by atoms with Crippen LogP contribution in [-0.2, 0) is 11.3 Å². The molecule has 0 bridgehead atoms. The molecule has 0 unspecified atom stereocenters. The summed E-state index contributed by atoms with van der Waals surface area (Å²) in [7, 11) is 0. The van der Waals surface area contributed by atoms with Crippen molar-refractivity contribution in [2.45, 2.75) is 18.6 Å². The average Bonchev–Trinajstić information content (AvgIpc) is 3.54. The normalized spacial score (nSPS) is 10.9. The van der Waals surface area contributed by atoms with Crippen molar-refractivity contribution in [1.82, 2.24) is 25.1 Å². The summed E-state index contributed by atoms with van der Waals surface area (Å²) in [6.07, 6.45) is 0. The summed E-state index contributed by atoms with van der Waals surface area (Å²) in [5, 5.41) is 25.9. The molecule has 2 N–H and O–H groups in total. The van der Waals surface area contributed by atoms with E-state index < -0.39 is 16.6 Å². The number of rotatable bonds is 9. The molecule has 0 aliphatic rings. The standard InChI is InChI=1S/C26H20FN7O4S2/c1-15-6-7-16(12-20(15)34(37)38)24(36)28-13-22-31-32-26(33(22)18-10-8-17(27)9-11-18)39-14-23(35)30-25-29-19-4-2-3-5-21(19)40-25/h2-12H,13-14H2,1H3,(H,28,36)(H,29,30,35). The maximum absolute atomic E-state index is 13.6. The van der Waals surface area contributed by atoms with Crippen molar-refractivity contribution in [2.75, 3.05) is 11.1 Å². The number of nitro groups is 1. The SMILES string of the molecule is Cc1ccc(C(=O)NCc2nnc(SCC(=O)Nc3nc4ccccc4s3)n2-c2ccc(F)cc2)cc1[N+](=O)[O-]. The topological polar surface area (TPSA) is 145 Å². The van der Waals surface area contributed by atoms with Crippen LogP contribution in [0.4, 0.5) is 15.2 Å². The van der Waals surface area contributed by atoms with E-state index >= 15 is 0 Å². The number of aromatic nitrogens is 4. The third kappa shape index (κ3) is 5.97. The van der Waals surface area contributed by atoms with E-state index in [1.807, 2.05) is 24.3 Å². The molecule has 5 aromatic rings. The van der Waals surface area contributed by atoms with Crippen LogP contribution in [0.1, 0.15) is 21.7 Å². The van der Waals surface area contributed by atoms with Crippen molar-refractivity contribution >= 4 is 55.9 Å². The molecule has 0 radical (unpaired) electrons. The van der Waals surface area contributed by atoms with Crippen LogP contribution in [-0.4, -0.2) is 42.2 Å². The van der Waals surface area contributed by atoms with Gasteiger partial charge in [-0.25, -0.2) is 9.37 Å². The van der Waals surface area contributed by atoms with E-state index in [2.05, 4.69) is 25.8 Å². The minimum Gasteiger partial charge on any atom is -0.345 e. The molecular weight excluding hydrogens is 557 g/mol. The van der Waals surface area contributed by atoms with Gasteiger partial charge in [0.2, 0.25) is 5.91 Å². The van der Waals surface area contributed by atoms with E-state index in [4.69, 9.17) is 0 Å². The molecule has 5 rings (SSSR count). The van der Waals surface area contributed by atoms with Crippen LogP contribution in [0.25, 0.3) is 15.9 Å². The maximum Gasteiger partial charge on any atom is 0.273 e. The number of thioether (sulfide) groups is 1. The van der Waals surface area contributed by atoms with E-state index in [0.717, 1.165) is 22.0 Å². The predicted molar refractivity (Wildman–Crippen MR) is 149 cm³/mol. The summed E-state index contributed by atoms with van der Waals surface area (Å²) in [4.78, 5) is 40.5. The summed E-state index contributed by atoms with van der Waals surface area (Å²) in [6.45, 7) is 1.51. The van der Waals surface area contributed by atoms with E-state index in [9.17, 15) is 24.1 Å². The Bertz CT molecular complexity index is 1700. The van der Waals surface area contributed by atoms with Gasteiger partial charge in [0.1, 0.15) is 5.82 Å². The Morgan fingerprint density at radius 3 is 2.62 bits per heavy atom. The summed E-state index contributed by atoms with van der Waals surface area (Å²) < 4.78 is 16.2. The summed E-state index contributed by atoms with van der Waals surface area (Å²) in [5.74, 6) is -0.961. The number of fused-ring (bicyclic) bond motifs is 1. The second kappa shape index (κ2) is 11.6. The van der Waals surface area contributed by atoms with Gasteiger partial charge in [-0.2, -0.15) is 0 Å². The Hall–Kier alpha value is -4.69. The number of benzene rings is 3. The van der Waals surface area contributed by atoms with Gasteiger partial charge < -0.3 is 10.6 Å². The van der Waals surface area contributed by atoms with E-state index in [1.54, 1.807) is 11.5 Å². The van der Waals surface area contributed by atoms with E-state index in [-0.39, 0.29) is 29.5 Å². The zero-order valence-electron chi connectivity index (χ0n) is 20.8. The van der Waals surface area contributed by atoms with Gasteiger partial charge in [0.15, 0.2) is 16.1 Å². The zero-order chi connectivity index (χ0) is 28.2. The van der Waals surface area contributed by atoms with Crippen LogP contribution < -0.4 is 10.6 Å². The van der Waals surface area contributed by atoms with Crippen LogP contribution in [0.2, 0.25) is 0 Å². The van der Waals surface area contributed by atoms with Crippen molar-refractivity contribution in [3.8, 4) is 5.69 Å². The number of nitrogens with zero attached hydrogens (tertiary/aromatic N) is 5. The lowest BCUT2D eigenvalue weighted by atomic mass is 10.1. The second-order valence-corrected chi connectivity index (χ2v) is 10.4. The molecule has 2 heterocycles. The van der Waals surface area contributed by atoms with Gasteiger partial charge in [-0.05, 0) is 49.4 Å². The Labute approximate surface area is 234 Å². The quantitative estimate of drug-likeness (QED) is 0.143. The number of hydrogen-bond acceptors (Lipinski definition) is 9. The fraction of sp³-hybridized carbons (Fsp3) is 0.115. The fourth-order valence-electron chi connectivity index (χ4n) is 3.78. The molecule has 0 spiro atoms. The number of halogens is 1. The molecule has 0 atom stereocenters. The Morgan fingerprint density at radius 1 is 1.10 bits per heavy atom. The van der Waals surface area contributed by atoms with Crippen molar-refractivity contribution in [1.29, 1.82) is 0 Å². The van der Waals surface area contributed by atoms with Crippen LogP contribution in [0.3, 0.4) is 0 Å². The highest BCUT2D eigenvalue weighted by molar-refractivity contribution is 7.99. The lowest BCUT2D eigenvalue weighted by Gasteiger charge is -2.11. The second-order valence-electron chi connectivity index (χ2n) is 8.48. The van der Waals surface area contributed by atoms with Crippen LogP contribution >= 0.6 is 23.1 Å². The Morgan fingerprint density at radius 2 is 1.88 bits per heavy atom. The highest BCUT2D eigenvalue weighted by Gasteiger charge is 2.19. The number of aryl methyl sites for hydroxylation is 1. The smallest absolute Gasteiger partial charge is 0.273 e. The van der Waals surface area contributed by atoms with Crippen LogP contribution in [0, 0.1) is 22.9 Å². The lowest BCUT2D eigenvalue weighted by molar-refractivity contribution is -0.385. The summed E-state index contributed by atoms with van der Waals surface area (Å²) >= 11 is 2.48. The number of carbonyl (C=O) groups is 2. The van der Waals surface area contributed by atoms with Crippen molar-refractivity contribution < 1.29 is 18.9 Å². The highest BCUT2D eigenvalue weighted by atomic mass is 32.2. The number of carbonyl (C=O) groups excluding carboxylic acids is 2. The van der Waals surface area contributed by atoms with Crippen molar-refractivity contribution in [3.63, 3.8) is 0 Å². The molecule has 0 aliphatic carbocycles. The van der Waals surface area contributed by atoms with Gasteiger partial charge in [0.05, 0.1) is 27.4 Å². The largest absolute Gasteiger partial charge is 0.345 e. The molecule has 14 heteroatoms. The molecule has 0 saturated carbocycles. The monoisotopic (exact) mass is 577 g/mol. The predicted octanol–water partition coefficient (Wildman–Crippen LogP) is 4.89. The molecule has 40 heavy (non-hydrogen) atoms. The van der Waals surface area contributed by atoms with E-state index in [0.29, 0.717) is 27.4 Å². The molecule has 11 nitrogen and oxygen atoms in total. The van der Waals surface area contributed by atoms with E-state index in [1.165, 1.54) is 53.8 Å². The fourth-order valence-corrected chi connectivity index (χ4v) is 5.43. The molecule has 0 fully saturated rings. The molecule has 0 aliphatic heterocycles. The average molecular weight is 578 g/mol. The first-order valence-corrected chi connectivity index (χ1v) is 13.6. The third-order valence-electron chi connectivity index (χ3n) is 5.73. The first kappa shape index (κ1) is 26.9. The van der Waals surface area contributed by atoms with Gasteiger partial charge in [-0.15, -0.1) is 10.2 Å². The highest BCUT2D eigenvalue weighted by Crippen LogP contribution is 2.27. The van der Waals surface area contributed by atoms with Gasteiger partial charge in [-0.1, -0.05) is 41.3 Å². The van der Waals surface area contributed by atoms with Crippen LogP contribution in [0.15, 0.2) is 71.9 Å². The van der Waals surface area contributed by atoms with Gasteiger partial charge in [-0.3, -0.25) is 24.3 Å². The van der Waals surface area contributed by atoms with Crippen molar-refractivity contribution in [2.24, 2.45) is 0 Å². The molecule has 0 saturated heterocycles. The molecule has 2 aromatic heterocycles. The maximum atomic E-state index is 13.6. The molecule has 3 aromatic carbocycles. The lowest BCUT2D eigenvalue weighted by Crippen LogP contribution is -2.25. The van der Waals surface area contributed by atoms with Gasteiger partial charge in [0.25, 0.3) is 11.6 Å². The first-order valence-electron chi connectivity index (χ1n) is 11.8. The number of nitrogens with one attached hydrogen (secondary N) is 2. The Balaban J connectivity index is 1.32. The number of nitro benzene ring substituents is 1. The minimum absolute atomic E-state index is 0.00531. The number of amides is 2. The van der Waals surface area contributed by atoms with Gasteiger partial charge >= 0.3 is 0 Å². The summed E-state index contributed by atoms with van der Waals surface area (Å²) in [6, 6.07) is 17.4. The number of thiazole rings is 1. The number of para-hydroxylation sites is 1. The zero-order valence-corrected chi connectivity index (χ0v) is 22.5. The molecule has 2 amide bonds. The minimum atomic E-state index is -0.548. The number of hydrogen-bond donors (Lipinski definition) is 2. The summed E-state index contributed by atoms with van der Waals surface area (Å²) in [5.41, 5.74) is 1.71. The third-order valence-corrected chi connectivity index (χ3v) is 7.61. The number of anilines is 1. The first-order chi connectivity index (χ1) is 19.3. The van der Waals surface area contributed by atoms with Crippen LogP contribution in [0.5, 0.6) is 0 Å². The Kier molecular flexibility index (Phi) is 7.79. The van der Waals surface area contributed by atoms with Gasteiger partial charge in [0, 0.05) is 22.9 Å².